The lowest BCUT2D eigenvalue weighted by Gasteiger charge is -2.39. The average molecular weight is 905 g/mol. The number of carbonyl (C=O) groups is 6. The van der Waals surface area contributed by atoms with Crippen LogP contribution in [0.2, 0.25) is 0 Å². The Morgan fingerprint density at radius 3 is 2.37 bits per heavy atom. The molecule has 16 nitrogen and oxygen atoms in total. The number of rotatable bonds is 17. The lowest BCUT2D eigenvalue weighted by atomic mass is 9.82. The van der Waals surface area contributed by atoms with Gasteiger partial charge >= 0.3 is 0 Å². The fourth-order valence-electron chi connectivity index (χ4n) is 9.22. The van der Waals surface area contributed by atoms with Gasteiger partial charge in [0.25, 0.3) is 11.8 Å². The largest absolute Gasteiger partial charge is 0.493 e. The summed E-state index contributed by atoms with van der Waals surface area (Å²) in [6, 6.07) is 23.1. The number of aliphatic hydroxyl groups excluding tert-OH is 1. The van der Waals surface area contributed by atoms with Gasteiger partial charge in [0, 0.05) is 49.6 Å². The van der Waals surface area contributed by atoms with Gasteiger partial charge in [-0.25, -0.2) is 8.42 Å². The number of ether oxygens (including phenoxy) is 1. The van der Waals surface area contributed by atoms with Crippen LogP contribution in [0, 0.1) is 12.8 Å². The Morgan fingerprint density at radius 1 is 0.846 bits per heavy atom. The van der Waals surface area contributed by atoms with E-state index in [1.165, 1.54) is 6.07 Å². The van der Waals surface area contributed by atoms with Crippen molar-refractivity contribution in [3.8, 4) is 16.9 Å². The predicted octanol–water partition coefficient (Wildman–Crippen LogP) is 5.08. The van der Waals surface area contributed by atoms with Crippen LogP contribution in [0.5, 0.6) is 5.75 Å². The highest BCUT2D eigenvalue weighted by Gasteiger charge is 2.49. The molecule has 1 unspecified atom stereocenters. The Bertz CT molecular complexity index is 2640. The molecule has 4 aliphatic heterocycles. The fourth-order valence-corrected chi connectivity index (χ4v) is 10.9. The fraction of sp³-hybridized carbons (Fsp3) is 0.375. The second-order valence-electron chi connectivity index (χ2n) is 16.9. The summed E-state index contributed by atoms with van der Waals surface area (Å²) in [5.74, 6) is -2.59. The SMILES string of the molecule is Cc1ccc(S(=O)(=O)N2CC[C@@H]3[C@H](CO)Nc4ccc(-c5cccc(NC(=O)CCCCC(=O)NCCCCOc6cccc7c6C(=O)N(C6CCC(=O)NC6=O)C7=O)c5)cc4[C@@H]32)cc1. The zero-order valence-electron chi connectivity index (χ0n) is 36.0. The Morgan fingerprint density at radius 2 is 1.60 bits per heavy atom. The summed E-state index contributed by atoms with van der Waals surface area (Å²) < 4.78 is 35.4. The summed E-state index contributed by atoms with van der Waals surface area (Å²) in [5, 5.41) is 21.7. The van der Waals surface area contributed by atoms with E-state index in [0.29, 0.717) is 50.9 Å². The van der Waals surface area contributed by atoms with Crippen molar-refractivity contribution in [2.24, 2.45) is 5.92 Å². The number of nitrogens with one attached hydrogen (secondary N) is 4. The highest BCUT2D eigenvalue weighted by molar-refractivity contribution is 7.89. The van der Waals surface area contributed by atoms with Crippen LogP contribution in [0.4, 0.5) is 11.4 Å². The van der Waals surface area contributed by atoms with E-state index >= 15 is 0 Å². The number of piperidine rings is 1. The molecule has 0 radical (unpaired) electrons. The van der Waals surface area contributed by atoms with Gasteiger partial charge < -0.3 is 25.8 Å². The van der Waals surface area contributed by atoms with E-state index in [1.54, 1.807) is 46.8 Å². The minimum absolute atomic E-state index is 0.0285. The third kappa shape index (κ3) is 9.53. The lowest BCUT2D eigenvalue weighted by Crippen LogP contribution is -2.54. The molecule has 0 aromatic heterocycles. The van der Waals surface area contributed by atoms with Crippen molar-refractivity contribution >= 4 is 56.8 Å². The number of aryl methyl sites for hydroxylation is 1. The number of fused-ring (bicyclic) bond motifs is 4. The molecule has 4 aromatic carbocycles. The number of unbranched alkanes of at least 4 members (excludes halogenated alkanes) is 2. The Kier molecular flexibility index (Phi) is 13.4. The highest BCUT2D eigenvalue weighted by atomic mass is 32.2. The molecular weight excluding hydrogens is 853 g/mol. The standard InChI is InChI=1S/C48H52N6O10S/c1-29-14-17-33(18-15-29)65(62,63)53-24-22-34-38(28-55)51-37-19-16-31(27-36(37)45(34)53)30-8-6-9-32(26-30)50-42(57)13-3-2-12-41(56)49-23-4-5-25-64-40-11-7-10-35-44(40)48(61)54(47(35)60)39-20-21-43(58)52-46(39)59/h6-11,14-19,26-27,34,38-39,45,51,55H,2-5,12-13,20-25,28H2,1H3,(H,49,56)(H,50,57)(H,52,58,59)/t34-,38+,39?,45-/m1/s1. The molecular formula is C48H52N6O10S. The first-order valence-electron chi connectivity index (χ1n) is 22.1. The van der Waals surface area contributed by atoms with Gasteiger partial charge in [-0.1, -0.05) is 42.0 Å². The number of anilines is 2. The highest BCUT2D eigenvalue weighted by Crippen LogP contribution is 2.49. The van der Waals surface area contributed by atoms with Crippen molar-refractivity contribution in [3.63, 3.8) is 0 Å². The smallest absolute Gasteiger partial charge is 0.266 e. The number of imide groups is 2. The van der Waals surface area contributed by atoms with E-state index in [1.807, 2.05) is 43.3 Å². The van der Waals surface area contributed by atoms with Crippen molar-refractivity contribution in [2.45, 2.75) is 87.7 Å². The first-order chi connectivity index (χ1) is 31.3. The van der Waals surface area contributed by atoms with Crippen LogP contribution in [0.15, 0.2) is 89.8 Å². The minimum Gasteiger partial charge on any atom is -0.493 e. The van der Waals surface area contributed by atoms with Gasteiger partial charge in [0.1, 0.15) is 11.8 Å². The molecule has 5 N–H and O–H groups in total. The Balaban J connectivity index is 0.774. The zero-order chi connectivity index (χ0) is 45.8. The summed E-state index contributed by atoms with van der Waals surface area (Å²) in [5.41, 5.74) is 5.12. The third-order valence-corrected chi connectivity index (χ3v) is 14.5. The first-order valence-corrected chi connectivity index (χ1v) is 23.5. The number of carbonyl (C=O) groups excluding carboxylic acids is 6. The van der Waals surface area contributed by atoms with E-state index in [0.717, 1.165) is 32.8 Å². The molecule has 2 saturated heterocycles. The maximum Gasteiger partial charge on any atom is 0.266 e. The van der Waals surface area contributed by atoms with Gasteiger partial charge in [-0.15, -0.1) is 0 Å². The molecule has 4 heterocycles. The average Bonchev–Trinajstić information content (AvgIpc) is 3.86. The van der Waals surface area contributed by atoms with Crippen molar-refractivity contribution in [1.29, 1.82) is 0 Å². The van der Waals surface area contributed by atoms with Crippen LogP contribution in [-0.4, -0.2) is 96.6 Å². The molecule has 4 aliphatic rings. The molecule has 65 heavy (non-hydrogen) atoms. The number of hydrogen-bond donors (Lipinski definition) is 5. The molecule has 17 heteroatoms. The van der Waals surface area contributed by atoms with Crippen LogP contribution in [0.25, 0.3) is 11.1 Å². The van der Waals surface area contributed by atoms with Crippen LogP contribution in [0.1, 0.15) is 95.7 Å². The van der Waals surface area contributed by atoms with Crippen LogP contribution in [0.3, 0.4) is 0 Å². The maximum atomic E-state index is 14.0. The van der Waals surface area contributed by atoms with Crippen LogP contribution in [-0.2, 0) is 29.2 Å². The monoisotopic (exact) mass is 904 g/mol. The van der Waals surface area contributed by atoms with E-state index in [9.17, 15) is 42.3 Å². The second-order valence-corrected chi connectivity index (χ2v) is 18.8. The molecule has 340 valence electrons. The van der Waals surface area contributed by atoms with Gasteiger partial charge in [-0.3, -0.25) is 39.0 Å². The van der Waals surface area contributed by atoms with E-state index in [-0.39, 0.29) is 84.4 Å². The number of sulfonamides is 1. The van der Waals surface area contributed by atoms with Crippen molar-refractivity contribution in [1.82, 2.24) is 19.8 Å². The molecule has 4 atom stereocenters. The van der Waals surface area contributed by atoms with E-state index in [4.69, 9.17) is 4.74 Å². The molecule has 6 amide bonds. The van der Waals surface area contributed by atoms with Gasteiger partial charge in [-0.2, -0.15) is 4.31 Å². The second kappa shape index (κ2) is 19.4. The quantitative estimate of drug-likeness (QED) is 0.0695. The molecule has 4 aromatic rings. The number of aliphatic hydroxyl groups is 1. The topological polar surface area (TPSA) is 221 Å². The number of amides is 6. The number of hydrogen-bond acceptors (Lipinski definition) is 11. The van der Waals surface area contributed by atoms with Gasteiger partial charge in [0.15, 0.2) is 0 Å². The van der Waals surface area contributed by atoms with Gasteiger partial charge in [0.2, 0.25) is 33.7 Å². The Hall–Kier alpha value is -6.43. The maximum absolute atomic E-state index is 14.0. The lowest BCUT2D eigenvalue weighted by molar-refractivity contribution is -0.136. The van der Waals surface area contributed by atoms with Crippen molar-refractivity contribution in [3.05, 3.63) is 107 Å². The van der Waals surface area contributed by atoms with Crippen LogP contribution >= 0.6 is 0 Å². The van der Waals surface area contributed by atoms with E-state index in [2.05, 4.69) is 21.3 Å². The number of benzene rings is 4. The van der Waals surface area contributed by atoms with Crippen molar-refractivity contribution in [2.75, 3.05) is 36.9 Å². The van der Waals surface area contributed by atoms with Gasteiger partial charge in [0.05, 0.1) is 41.3 Å². The molecule has 2 fully saturated rings. The van der Waals surface area contributed by atoms with Crippen LogP contribution < -0.4 is 26.0 Å². The summed E-state index contributed by atoms with van der Waals surface area (Å²) in [6.45, 7) is 2.76. The van der Waals surface area contributed by atoms with Crippen molar-refractivity contribution < 1.29 is 47.0 Å². The molecule has 0 saturated carbocycles. The first kappa shape index (κ1) is 45.1. The molecule has 8 rings (SSSR count). The summed E-state index contributed by atoms with van der Waals surface area (Å²) in [6.07, 6.45) is 3.35. The van der Waals surface area contributed by atoms with E-state index < -0.39 is 45.7 Å². The molecule has 0 aliphatic carbocycles. The predicted molar refractivity (Wildman–Crippen MR) is 240 cm³/mol. The third-order valence-electron chi connectivity index (χ3n) is 12.6. The molecule has 0 spiro atoms. The van der Waals surface area contributed by atoms with Gasteiger partial charge in [-0.05, 0) is 111 Å². The minimum atomic E-state index is -3.82. The summed E-state index contributed by atoms with van der Waals surface area (Å²) in [7, 11) is -3.82. The summed E-state index contributed by atoms with van der Waals surface area (Å²) >= 11 is 0. The number of nitrogens with zero attached hydrogens (tertiary/aromatic N) is 2. The molecule has 0 bridgehead atoms. The Labute approximate surface area is 377 Å². The zero-order valence-corrected chi connectivity index (χ0v) is 36.8. The summed E-state index contributed by atoms with van der Waals surface area (Å²) in [4.78, 5) is 76.9. The normalized spacial score (nSPS) is 20.4.